The third kappa shape index (κ3) is 1.80. The van der Waals surface area contributed by atoms with Crippen LogP contribution in [-0.4, -0.2) is 34.7 Å². The number of hydrogen-bond acceptors (Lipinski definition) is 2. The molecular formula is C14H25NO. The molecule has 3 atom stereocenters. The fourth-order valence-corrected chi connectivity index (χ4v) is 3.91. The van der Waals surface area contributed by atoms with Gasteiger partial charge in [-0.05, 0) is 57.4 Å². The van der Waals surface area contributed by atoms with Crippen molar-refractivity contribution >= 4 is 0 Å². The number of rotatable bonds is 2. The van der Waals surface area contributed by atoms with Gasteiger partial charge in [0.15, 0.2) is 0 Å². The Morgan fingerprint density at radius 3 is 2.75 bits per heavy atom. The topological polar surface area (TPSA) is 23.5 Å². The largest absolute Gasteiger partial charge is 0.388 e. The van der Waals surface area contributed by atoms with Gasteiger partial charge < -0.3 is 5.11 Å². The Bertz CT molecular complexity index is 263. The number of fused-ring (bicyclic) bond motifs is 1. The summed E-state index contributed by atoms with van der Waals surface area (Å²) >= 11 is 0. The van der Waals surface area contributed by atoms with Crippen molar-refractivity contribution in [3.63, 3.8) is 0 Å². The maximum atomic E-state index is 10.9. The number of likely N-dealkylation sites (tertiary alicyclic amines) is 1. The van der Waals surface area contributed by atoms with Crippen molar-refractivity contribution in [2.24, 2.45) is 11.8 Å². The van der Waals surface area contributed by atoms with E-state index in [4.69, 9.17) is 0 Å². The molecular weight excluding hydrogens is 198 g/mol. The Kier molecular flexibility index (Phi) is 2.75. The second kappa shape index (κ2) is 3.99. The van der Waals surface area contributed by atoms with Crippen LogP contribution in [0.3, 0.4) is 0 Å². The van der Waals surface area contributed by atoms with E-state index in [0.29, 0.717) is 12.0 Å². The Balaban J connectivity index is 1.71. The minimum Gasteiger partial charge on any atom is -0.388 e. The van der Waals surface area contributed by atoms with Crippen LogP contribution in [0.2, 0.25) is 0 Å². The third-order valence-corrected chi connectivity index (χ3v) is 5.31. The van der Waals surface area contributed by atoms with Crippen molar-refractivity contribution in [1.82, 2.24) is 4.90 Å². The van der Waals surface area contributed by atoms with Crippen LogP contribution in [0.1, 0.15) is 51.9 Å². The molecule has 3 aliphatic rings. The molecule has 1 heterocycles. The smallest absolute Gasteiger partial charge is 0.0827 e. The average molecular weight is 223 g/mol. The first-order valence-corrected chi connectivity index (χ1v) is 7.16. The molecule has 3 rings (SSSR count). The van der Waals surface area contributed by atoms with Gasteiger partial charge in [0.05, 0.1) is 5.60 Å². The summed E-state index contributed by atoms with van der Waals surface area (Å²) in [4.78, 5) is 2.57. The maximum Gasteiger partial charge on any atom is 0.0827 e. The van der Waals surface area contributed by atoms with E-state index in [2.05, 4.69) is 11.8 Å². The molecule has 16 heavy (non-hydrogen) atoms. The standard InChI is InChI=1S/C14H25NO/c1-11-14(16)8-3-2-4-13(14)7-9-15(11)10-12-5-6-12/h11-13,16H,2-10H2,1H3. The van der Waals surface area contributed by atoms with Gasteiger partial charge in [-0.3, -0.25) is 4.90 Å². The van der Waals surface area contributed by atoms with Gasteiger partial charge in [0.2, 0.25) is 0 Å². The molecule has 2 nitrogen and oxygen atoms in total. The summed E-state index contributed by atoms with van der Waals surface area (Å²) in [7, 11) is 0. The van der Waals surface area contributed by atoms with Crippen molar-refractivity contribution in [2.45, 2.75) is 63.5 Å². The van der Waals surface area contributed by atoms with Crippen LogP contribution in [0, 0.1) is 11.8 Å². The van der Waals surface area contributed by atoms with Crippen LogP contribution in [0.15, 0.2) is 0 Å². The average Bonchev–Trinajstić information content (AvgIpc) is 3.08. The van der Waals surface area contributed by atoms with Crippen LogP contribution in [-0.2, 0) is 0 Å². The summed E-state index contributed by atoms with van der Waals surface area (Å²) in [6, 6.07) is 0.396. The summed E-state index contributed by atoms with van der Waals surface area (Å²) in [6.07, 6.45) is 8.94. The Labute approximate surface area is 99.0 Å². The summed E-state index contributed by atoms with van der Waals surface area (Å²) in [5.41, 5.74) is -0.356. The molecule has 0 bridgehead atoms. The van der Waals surface area contributed by atoms with Gasteiger partial charge in [-0.1, -0.05) is 12.8 Å². The minimum atomic E-state index is -0.356. The lowest BCUT2D eigenvalue weighted by atomic mass is 9.67. The van der Waals surface area contributed by atoms with Crippen LogP contribution >= 0.6 is 0 Å². The molecule has 1 aliphatic heterocycles. The van der Waals surface area contributed by atoms with E-state index in [1.54, 1.807) is 0 Å². The van der Waals surface area contributed by atoms with Crippen LogP contribution < -0.4 is 0 Å². The fraction of sp³-hybridized carbons (Fsp3) is 1.00. The number of nitrogens with zero attached hydrogens (tertiary/aromatic N) is 1. The summed E-state index contributed by atoms with van der Waals surface area (Å²) in [6.45, 7) is 4.74. The van der Waals surface area contributed by atoms with Crippen molar-refractivity contribution in [3.8, 4) is 0 Å². The molecule has 1 N–H and O–H groups in total. The molecule has 2 heteroatoms. The molecule has 3 unspecified atom stereocenters. The summed E-state index contributed by atoms with van der Waals surface area (Å²) in [5.74, 6) is 1.54. The molecule has 3 fully saturated rings. The highest BCUT2D eigenvalue weighted by Crippen LogP contribution is 2.44. The van der Waals surface area contributed by atoms with Gasteiger partial charge >= 0.3 is 0 Å². The molecule has 2 saturated carbocycles. The zero-order valence-corrected chi connectivity index (χ0v) is 10.5. The number of hydrogen-bond donors (Lipinski definition) is 1. The Hall–Kier alpha value is -0.0800. The van der Waals surface area contributed by atoms with E-state index in [1.807, 2.05) is 0 Å². The van der Waals surface area contributed by atoms with Gasteiger partial charge in [-0.25, -0.2) is 0 Å². The van der Waals surface area contributed by atoms with E-state index >= 15 is 0 Å². The lowest BCUT2D eigenvalue weighted by Crippen LogP contribution is -2.61. The predicted octanol–water partition coefficient (Wildman–Crippen LogP) is 2.41. The second-order valence-electron chi connectivity index (χ2n) is 6.34. The molecule has 1 saturated heterocycles. The summed E-state index contributed by atoms with van der Waals surface area (Å²) < 4.78 is 0. The molecule has 0 aromatic heterocycles. The minimum absolute atomic E-state index is 0.356. The molecule has 0 aromatic rings. The molecule has 0 radical (unpaired) electrons. The SMILES string of the molecule is CC1N(CC2CC2)CCC2CCCCC21O. The van der Waals surface area contributed by atoms with Crippen LogP contribution in [0.25, 0.3) is 0 Å². The van der Waals surface area contributed by atoms with Crippen molar-refractivity contribution < 1.29 is 5.11 Å². The van der Waals surface area contributed by atoms with Crippen molar-refractivity contribution in [1.29, 1.82) is 0 Å². The van der Waals surface area contributed by atoms with Gasteiger partial charge in [0.1, 0.15) is 0 Å². The quantitative estimate of drug-likeness (QED) is 0.777. The predicted molar refractivity (Wildman–Crippen MR) is 65.3 cm³/mol. The van der Waals surface area contributed by atoms with Crippen molar-refractivity contribution in [2.75, 3.05) is 13.1 Å². The molecule has 0 aromatic carbocycles. The van der Waals surface area contributed by atoms with Gasteiger partial charge in [0, 0.05) is 12.6 Å². The zero-order chi connectivity index (χ0) is 11.2. The Morgan fingerprint density at radius 1 is 1.19 bits per heavy atom. The second-order valence-corrected chi connectivity index (χ2v) is 6.34. The van der Waals surface area contributed by atoms with E-state index < -0.39 is 0 Å². The molecule has 0 spiro atoms. The highest BCUT2D eigenvalue weighted by atomic mass is 16.3. The highest BCUT2D eigenvalue weighted by molar-refractivity contribution is 5.02. The van der Waals surface area contributed by atoms with E-state index in [-0.39, 0.29) is 5.60 Å². The molecule has 0 amide bonds. The van der Waals surface area contributed by atoms with Crippen LogP contribution in [0.4, 0.5) is 0 Å². The highest BCUT2D eigenvalue weighted by Gasteiger charge is 2.48. The molecule has 2 aliphatic carbocycles. The fourth-order valence-electron chi connectivity index (χ4n) is 3.91. The maximum absolute atomic E-state index is 10.9. The first kappa shape index (κ1) is 11.0. The van der Waals surface area contributed by atoms with E-state index in [0.717, 1.165) is 12.3 Å². The van der Waals surface area contributed by atoms with Gasteiger partial charge in [0.25, 0.3) is 0 Å². The zero-order valence-electron chi connectivity index (χ0n) is 10.5. The third-order valence-electron chi connectivity index (χ3n) is 5.31. The van der Waals surface area contributed by atoms with Gasteiger partial charge in [-0.15, -0.1) is 0 Å². The van der Waals surface area contributed by atoms with Gasteiger partial charge in [-0.2, -0.15) is 0 Å². The monoisotopic (exact) mass is 223 g/mol. The Morgan fingerprint density at radius 2 is 2.00 bits per heavy atom. The first-order chi connectivity index (χ1) is 7.70. The normalized spacial score (nSPS) is 45.4. The first-order valence-electron chi connectivity index (χ1n) is 7.16. The summed E-state index contributed by atoms with van der Waals surface area (Å²) in [5, 5.41) is 10.9. The van der Waals surface area contributed by atoms with Crippen molar-refractivity contribution in [3.05, 3.63) is 0 Å². The molecule has 92 valence electrons. The van der Waals surface area contributed by atoms with E-state index in [1.165, 1.54) is 51.6 Å². The number of aliphatic hydroxyl groups is 1. The lowest BCUT2D eigenvalue weighted by molar-refractivity contribution is -0.136. The lowest BCUT2D eigenvalue weighted by Gasteiger charge is -2.52. The van der Waals surface area contributed by atoms with E-state index in [9.17, 15) is 5.11 Å². The number of piperidine rings is 1. The van der Waals surface area contributed by atoms with Crippen LogP contribution in [0.5, 0.6) is 0 Å².